The molecule has 1 atom stereocenters. The Morgan fingerprint density at radius 1 is 1.22 bits per heavy atom. The van der Waals surface area contributed by atoms with E-state index in [2.05, 4.69) is 20.9 Å². The van der Waals surface area contributed by atoms with Crippen LogP contribution >= 0.6 is 15.9 Å². The zero-order valence-corrected chi connectivity index (χ0v) is 10.9. The number of benzene rings is 1. The quantitative estimate of drug-likeness (QED) is 0.942. The van der Waals surface area contributed by atoms with E-state index < -0.39 is 17.7 Å². The highest BCUT2D eigenvalue weighted by molar-refractivity contribution is 9.10. The van der Waals surface area contributed by atoms with E-state index in [1.54, 1.807) is 18.5 Å². The Balaban J connectivity index is 2.25. The van der Waals surface area contributed by atoms with Gasteiger partial charge in [0, 0.05) is 23.3 Å². The molecule has 0 amide bonds. The molecule has 1 aromatic heterocycles. The minimum atomic E-state index is -1.23. The first-order chi connectivity index (χ1) is 8.58. The van der Waals surface area contributed by atoms with Gasteiger partial charge in [-0.15, -0.1) is 0 Å². The van der Waals surface area contributed by atoms with Gasteiger partial charge >= 0.3 is 0 Å². The Labute approximate surface area is 111 Å². The predicted molar refractivity (Wildman–Crippen MR) is 67.0 cm³/mol. The van der Waals surface area contributed by atoms with Crippen LogP contribution in [0.2, 0.25) is 0 Å². The van der Waals surface area contributed by atoms with E-state index in [-0.39, 0.29) is 12.0 Å². The number of halogens is 3. The van der Waals surface area contributed by atoms with Crippen LogP contribution in [0.3, 0.4) is 0 Å². The number of aliphatic hydroxyl groups is 1. The zero-order chi connectivity index (χ0) is 13.1. The van der Waals surface area contributed by atoms with Crippen molar-refractivity contribution in [2.45, 2.75) is 12.5 Å². The summed E-state index contributed by atoms with van der Waals surface area (Å²) in [6.45, 7) is 0. The van der Waals surface area contributed by atoms with E-state index in [0.717, 1.165) is 16.6 Å². The number of rotatable bonds is 3. The monoisotopic (exact) mass is 313 g/mol. The van der Waals surface area contributed by atoms with Gasteiger partial charge in [0.1, 0.15) is 11.6 Å². The standard InChI is InChI=1S/C13H10BrF2NO/c14-9-4-8(6-17-7-9)5-12(18)13-10(15)2-1-3-11(13)16/h1-4,6-7,12,18H,5H2. The Morgan fingerprint density at radius 2 is 1.89 bits per heavy atom. The fourth-order valence-electron chi connectivity index (χ4n) is 1.72. The fourth-order valence-corrected chi connectivity index (χ4v) is 2.13. The maximum absolute atomic E-state index is 13.5. The number of nitrogens with zero attached hydrogens (tertiary/aromatic N) is 1. The highest BCUT2D eigenvalue weighted by atomic mass is 79.9. The first-order valence-electron chi connectivity index (χ1n) is 5.29. The molecule has 18 heavy (non-hydrogen) atoms. The second-order valence-electron chi connectivity index (χ2n) is 3.87. The van der Waals surface area contributed by atoms with Crippen molar-refractivity contribution >= 4 is 15.9 Å². The summed E-state index contributed by atoms with van der Waals surface area (Å²) in [6, 6.07) is 5.26. The van der Waals surface area contributed by atoms with Crippen molar-refractivity contribution < 1.29 is 13.9 Å². The van der Waals surface area contributed by atoms with Crippen molar-refractivity contribution in [1.82, 2.24) is 4.98 Å². The van der Waals surface area contributed by atoms with Crippen molar-refractivity contribution in [3.63, 3.8) is 0 Å². The van der Waals surface area contributed by atoms with Gasteiger partial charge in [0.25, 0.3) is 0 Å². The molecule has 2 nitrogen and oxygen atoms in total. The summed E-state index contributed by atoms with van der Waals surface area (Å²) in [5.41, 5.74) is 0.386. The summed E-state index contributed by atoms with van der Waals surface area (Å²) in [5, 5.41) is 9.90. The molecule has 2 aromatic rings. The maximum atomic E-state index is 13.5. The summed E-state index contributed by atoms with van der Waals surface area (Å²) in [7, 11) is 0. The first-order valence-corrected chi connectivity index (χ1v) is 6.08. The molecule has 1 N–H and O–H groups in total. The van der Waals surface area contributed by atoms with Crippen LogP contribution < -0.4 is 0 Å². The third kappa shape index (κ3) is 2.91. The molecule has 0 bridgehead atoms. The molecule has 2 rings (SSSR count). The largest absolute Gasteiger partial charge is 0.388 e. The van der Waals surface area contributed by atoms with Crippen LogP contribution in [0.5, 0.6) is 0 Å². The van der Waals surface area contributed by atoms with Gasteiger partial charge in [-0.25, -0.2) is 8.78 Å². The van der Waals surface area contributed by atoms with Crippen LogP contribution in [0.1, 0.15) is 17.2 Å². The molecule has 5 heteroatoms. The molecule has 0 saturated heterocycles. The van der Waals surface area contributed by atoms with Gasteiger partial charge < -0.3 is 5.11 Å². The third-order valence-electron chi connectivity index (χ3n) is 2.52. The minimum Gasteiger partial charge on any atom is -0.388 e. The first kappa shape index (κ1) is 13.1. The molecule has 0 fully saturated rings. The number of hydrogen-bond acceptors (Lipinski definition) is 2. The van der Waals surface area contributed by atoms with Crippen molar-refractivity contribution in [2.75, 3.05) is 0 Å². The molecule has 1 heterocycles. The van der Waals surface area contributed by atoms with Crippen LogP contribution in [0.15, 0.2) is 41.1 Å². The predicted octanol–water partition coefficient (Wildman–Crippen LogP) is 3.40. The molecular formula is C13H10BrF2NO. The van der Waals surface area contributed by atoms with E-state index in [1.165, 1.54) is 6.07 Å². The van der Waals surface area contributed by atoms with Crippen molar-refractivity contribution in [3.8, 4) is 0 Å². The van der Waals surface area contributed by atoms with E-state index >= 15 is 0 Å². The molecule has 0 aliphatic rings. The molecule has 1 unspecified atom stereocenters. The van der Waals surface area contributed by atoms with Gasteiger partial charge in [-0.2, -0.15) is 0 Å². The Kier molecular flexibility index (Phi) is 4.04. The van der Waals surface area contributed by atoms with Gasteiger partial charge in [-0.05, 0) is 39.7 Å². The summed E-state index contributed by atoms with van der Waals surface area (Å²) in [6.07, 6.45) is 2.01. The summed E-state index contributed by atoms with van der Waals surface area (Å²) < 4.78 is 27.7. The SMILES string of the molecule is OC(Cc1cncc(Br)c1)c1c(F)cccc1F. The average molecular weight is 314 g/mol. The minimum absolute atomic E-state index is 0.101. The van der Waals surface area contributed by atoms with Crippen LogP contribution in [-0.2, 0) is 6.42 Å². The molecule has 1 aromatic carbocycles. The summed E-state index contributed by atoms with van der Waals surface area (Å²) in [5.74, 6) is -1.49. The van der Waals surface area contributed by atoms with Gasteiger partial charge in [0.2, 0.25) is 0 Å². The number of pyridine rings is 1. The lowest BCUT2D eigenvalue weighted by atomic mass is 10.0. The van der Waals surface area contributed by atoms with E-state index in [1.807, 2.05) is 0 Å². The van der Waals surface area contributed by atoms with Crippen molar-refractivity contribution in [3.05, 3.63) is 63.9 Å². The lowest BCUT2D eigenvalue weighted by Gasteiger charge is -2.12. The summed E-state index contributed by atoms with van der Waals surface area (Å²) in [4.78, 5) is 3.93. The van der Waals surface area contributed by atoms with Crippen LogP contribution in [-0.4, -0.2) is 10.1 Å². The van der Waals surface area contributed by atoms with E-state index in [4.69, 9.17) is 0 Å². The second kappa shape index (κ2) is 5.54. The smallest absolute Gasteiger partial charge is 0.131 e. The Bertz CT molecular complexity index is 542. The maximum Gasteiger partial charge on any atom is 0.131 e. The van der Waals surface area contributed by atoms with Gasteiger partial charge in [0.15, 0.2) is 0 Å². The van der Waals surface area contributed by atoms with Crippen LogP contribution in [0, 0.1) is 11.6 Å². The molecule has 94 valence electrons. The van der Waals surface area contributed by atoms with Crippen molar-refractivity contribution in [2.24, 2.45) is 0 Å². The molecular weight excluding hydrogens is 304 g/mol. The lowest BCUT2D eigenvalue weighted by molar-refractivity contribution is 0.168. The number of hydrogen-bond donors (Lipinski definition) is 1. The van der Waals surface area contributed by atoms with Gasteiger partial charge in [0.05, 0.1) is 11.7 Å². The fraction of sp³-hybridized carbons (Fsp3) is 0.154. The Morgan fingerprint density at radius 3 is 2.50 bits per heavy atom. The highest BCUT2D eigenvalue weighted by Crippen LogP contribution is 2.24. The third-order valence-corrected chi connectivity index (χ3v) is 2.96. The molecule has 0 spiro atoms. The zero-order valence-electron chi connectivity index (χ0n) is 9.28. The topological polar surface area (TPSA) is 33.1 Å². The second-order valence-corrected chi connectivity index (χ2v) is 4.78. The molecule has 0 radical (unpaired) electrons. The van der Waals surface area contributed by atoms with Crippen LogP contribution in [0.25, 0.3) is 0 Å². The van der Waals surface area contributed by atoms with Crippen LogP contribution in [0.4, 0.5) is 8.78 Å². The molecule has 0 aliphatic carbocycles. The Hall–Kier alpha value is -1.33. The number of aromatic nitrogens is 1. The van der Waals surface area contributed by atoms with Gasteiger partial charge in [-0.1, -0.05) is 6.07 Å². The highest BCUT2D eigenvalue weighted by Gasteiger charge is 2.18. The average Bonchev–Trinajstić information content (AvgIpc) is 2.28. The van der Waals surface area contributed by atoms with E-state index in [0.29, 0.717) is 5.56 Å². The normalized spacial score (nSPS) is 12.4. The van der Waals surface area contributed by atoms with Crippen molar-refractivity contribution in [1.29, 1.82) is 0 Å². The molecule has 0 aliphatic heterocycles. The lowest BCUT2D eigenvalue weighted by Crippen LogP contribution is -2.07. The summed E-state index contributed by atoms with van der Waals surface area (Å²) >= 11 is 3.24. The molecule has 0 saturated carbocycles. The van der Waals surface area contributed by atoms with Gasteiger partial charge in [-0.3, -0.25) is 4.98 Å². The van der Waals surface area contributed by atoms with E-state index in [9.17, 15) is 13.9 Å². The number of aliphatic hydroxyl groups excluding tert-OH is 1.